The fraction of sp³-hybridized carbons (Fsp3) is 0.200. The zero-order valence-corrected chi connectivity index (χ0v) is 15.4. The summed E-state index contributed by atoms with van der Waals surface area (Å²) in [6.45, 7) is 3.33. The molecule has 1 aliphatic heterocycles. The smallest absolute Gasteiger partial charge is 0.350 e. The summed E-state index contributed by atoms with van der Waals surface area (Å²) < 4.78 is 10.0. The maximum Gasteiger partial charge on any atom is 0.350 e. The van der Waals surface area contributed by atoms with Gasteiger partial charge in [0.1, 0.15) is 0 Å². The minimum absolute atomic E-state index is 0.226. The van der Waals surface area contributed by atoms with Crippen molar-refractivity contribution in [2.45, 2.75) is 26.2 Å². The minimum atomic E-state index is -1.28. The molecule has 8 nitrogen and oxygen atoms in total. The summed E-state index contributed by atoms with van der Waals surface area (Å²) in [5.74, 6) is -3.04. The van der Waals surface area contributed by atoms with E-state index in [1.807, 2.05) is 6.07 Å². The Bertz CT molecular complexity index is 899. The van der Waals surface area contributed by atoms with Crippen LogP contribution in [0.15, 0.2) is 60.6 Å². The molecule has 0 bridgehead atoms. The molecule has 0 unspecified atom stereocenters. The van der Waals surface area contributed by atoms with Gasteiger partial charge in [0, 0.05) is 50.2 Å². The van der Waals surface area contributed by atoms with Gasteiger partial charge in [0.25, 0.3) is 11.7 Å². The third kappa shape index (κ3) is 4.73. The quantitative estimate of drug-likeness (QED) is 0.464. The van der Waals surface area contributed by atoms with Crippen molar-refractivity contribution in [2.75, 3.05) is 5.32 Å². The Balaban J connectivity index is 1.59. The number of hydrogen-bond donors (Lipinski definition) is 2. The van der Waals surface area contributed by atoms with Crippen LogP contribution in [0.1, 0.15) is 29.8 Å². The van der Waals surface area contributed by atoms with E-state index in [-0.39, 0.29) is 11.5 Å². The first kappa shape index (κ1) is 19.1. The van der Waals surface area contributed by atoms with E-state index in [1.54, 1.807) is 42.7 Å². The first-order valence-electron chi connectivity index (χ1n) is 8.55. The monoisotopic (exact) mass is 381 g/mol. The van der Waals surface area contributed by atoms with Crippen LogP contribution in [0, 0.1) is 0 Å². The Kier molecular flexibility index (Phi) is 5.39. The molecule has 1 aromatic carbocycles. The predicted octanol–water partition coefficient (Wildman–Crippen LogP) is 2.14. The molecule has 3 rings (SSSR count). The molecule has 2 N–H and O–H groups in total. The lowest BCUT2D eigenvalue weighted by Crippen LogP contribution is -2.42. The molecule has 8 heteroatoms. The molecule has 2 heterocycles. The Morgan fingerprint density at radius 2 is 1.79 bits per heavy atom. The highest BCUT2D eigenvalue weighted by Crippen LogP contribution is 2.22. The number of pyridine rings is 1. The topological polar surface area (TPSA) is 107 Å². The van der Waals surface area contributed by atoms with Crippen LogP contribution in [0.2, 0.25) is 0 Å². The van der Waals surface area contributed by atoms with Crippen molar-refractivity contribution in [1.82, 2.24) is 10.3 Å². The van der Waals surface area contributed by atoms with Gasteiger partial charge in [0.05, 0.1) is 0 Å². The number of carbonyl (C=O) groups excluding carboxylic acids is 3. The third-order valence-corrected chi connectivity index (χ3v) is 3.82. The Morgan fingerprint density at radius 3 is 2.39 bits per heavy atom. The predicted molar refractivity (Wildman–Crippen MR) is 99.8 cm³/mol. The molecule has 1 amide bonds. The second-order valence-corrected chi connectivity index (χ2v) is 6.50. The van der Waals surface area contributed by atoms with E-state index in [4.69, 9.17) is 9.47 Å². The second kappa shape index (κ2) is 7.91. The third-order valence-electron chi connectivity index (χ3n) is 3.82. The Hall–Kier alpha value is -3.68. The summed E-state index contributed by atoms with van der Waals surface area (Å²) >= 11 is 0. The van der Waals surface area contributed by atoms with Crippen LogP contribution in [0.4, 0.5) is 5.69 Å². The number of cyclic esters (lactones) is 2. The van der Waals surface area contributed by atoms with E-state index in [0.717, 1.165) is 5.56 Å². The van der Waals surface area contributed by atoms with Gasteiger partial charge in [-0.3, -0.25) is 9.78 Å². The molecule has 1 saturated heterocycles. The lowest BCUT2D eigenvalue weighted by Gasteiger charge is -2.29. The summed E-state index contributed by atoms with van der Waals surface area (Å²) in [6.07, 6.45) is 4.57. The average Bonchev–Trinajstić information content (AvgIpc) is 2.66. The number of nitrogens with zero attached hydrogens (tertiary/aromatic N) is 1. The van der Waals surface area contributed by atoms with Crippen molar-refractivity contribution in [3.63, 3.8) is 0 Å². The molecular formula is C20H19N3O5. The fourth-order valence-corrected chi connectivity index (χ4v) is 2.44. The van der Waals surface area contributed by atoms with Gasteiger partial charge in [0.2, 0.25) is 0 Å². The molecule has 2 aromatic rings. The molecule has 1 aromatic heterocycles. The maximum absolute atomic E-state index is 12.2. The van der Waals surface area contributed by atoms with Gasteiger partial charge < -0.3 is 20.1 Å². The van der Waals surface area contributed by atoms with Crippen molar-refractivity contribution in [3.05, 3.63) is 71.7 Å². The van der Waals surface area contributed by atoms with Crippen molar-refractivity contribution in [1.29, 1.82) is 0 Å². The van der Waals surface area contributed by atoms with Gasteiger partial charge in [-0.1, -0.05) is 6.07 Å². The first-order chi connectivity index (χ1) is 13.3. The lowest BCUT2D eigenvalue weighted by molar-refractivity contribution is -0.222. The number of ether oxygens (including phenoxy) is 2. The first-order valence-corrected chi connectivity index (χ1v) is 8.55. The van der Waals surface area contributed by atoms with Crippen molar-refractivity contribution >= 4 is 23.5 Å². The molecule has 28 heavy (non-hydrogen) atoms. The molecule has 0 radical (unpaired) electrons. The normalized spacial score (nSPS) is 15.3. The standard InChI is InChI=1S/C20H19N3O5/c1-20(2)27-18(25)16(19(26)28-20)12-22-15-7-5-14(6-8-15)17(24)23-11-13-4-3-9-21-10-13/h3-10,12,22H,11H2,1-2H3,(H,23,24). The highest BCUT2D eigenvalue weighted by atomic mass is 16.7. The Labute approximate surface area is 161 Å². The lowest BCUT2D eigenvalue weighted by atomic mass is 10.2. The molecule has 0 saturated carbocycles. The van der Waals surface area contributed by atoms with E-state index >= 15 is 0 Å². The number of esters is 2. The van der Waals surface area contributed by atoms with E-state index in [2.05, 4.69) is 15.6 Å². The van der Waals surface area contributed by atoms with Crippen LogP contribution in [0.5, 0.6) is 0 Å². The molecule has 0 atom stereocenters. The van der Waals surface area contributed by atoms with E-state index in [9.17, 15) is 14.4 Å². The molecule has 0 aliphatic carbocycles. The number of amides is 1. The van der Waals surface area contributed by atoms with Crippen molar-refractivity contribution in [3.8, 4) is 0 Å². The fourth-order valence-electron chi connectivity index (χ4n) is 2.44. The van der Waals surface area contributed by atoms with Crippen LogP contribution in [-0.2, 0) is 25.6 Å². The van der Waals surface area contributed by atoms with E-state index in [1.165, 1.54) is 20.0 Å². The van der Waals surface area contributed by atoms with Gasteiger partial charge in [-0.15, -0.1) is 0 Å². The van der Waals surface area contributed by atoms with Crippen LogP contribution >= 0.6 is 0 Å². The van der Waals surface area contributed by atoms with E-state index < -0.39 is 17.7 Å². The summed E-state index contributed by atoms with van der Waals surface area (Å²) in [4.78, 5) is 40.0. The maximum atomic E-state index is 12.2. The summed E-state index contributed by atoms with van der Waals surface area (Å²) in [5.41, 5.74) is 1.72. The zero-order chi connectivity index (χ0) is 20.1. The Morgan fingerprint density at radius 1 is 1.11 bits per heavy atom. The number of hydrogen-bond acceptors (Lipinski definition) is 7. The summed E-state index contributed by atoms with van der Waals surface area (Å²) in [7, 11) is 0. The molecule has 1 fully saturated rings. The van der Waals surface area contributed by atoms with E-state index in [0.29, 0.717) is 17.8 Å². The molecule has 1 aliphatic rings. The van der Waals surface area contributed by atoms with Gasteiger partial charge >= 0.3 is 11.9 Å². The van der Waals surface area contributed by atoms with Crippen LogP contribution in [-0.4, -0.2) is 28.6 Å². The number of rotatable bonds is 5. The minimum Gasteiger partial charge on any atom is -0.419 e. The van der Waals surface area contributed by atoms with Crippen molar-refractivity contribution < 1.29 is 23.9 Å². The van der Waals surface area contributed by atoms with Gasteiger partial charge in [0.15, 0.2) is 5.57 Å². The number of benzene rings is 1. The van der Waals surface area contributed by atoms with Crippen molar-refractivity contribution in [2.24, 2.45) is 0 Å². The molecule has 144 valence electrons. The largest absolute Gasteiger partial charge is 0.419 e. The number of aromatic nitrogens is 1. The second-order valence-electron chi connectivity index (χ2n) is 6.50. The average molecular weight is 381 g/mol. The summed E-state index contributed by atoms with van der Waals surface area (Å²) in [5, 5.41) is 5.63. The highest BCUT2D eigenvalue weighted by Gasteiger charge is 2.38. The number of carbonyl (C=O) groups is 3. The van der Waals surface area contributed by atoms with Gasteiger partial charge in [-0.25, -0.2) is 9.59 Å². The molecular weight excluding hydrogens is 362 g/mol. The van der Waals surface area contributed by atoms with Crippen LogP contribution in [0.25, 0.3) is 0 Å². The summed E-state index contributed by atoms with van der Waals surface area (Å²) in [6, 6.07) is 10.2. The SMILES string of the molecule is CC1(C)OC(=O)C(=CNc2ccc(C(=O)NCc3cccnc3)cc2)C(=O)O1. The van der Waals surface area contributed by atoms with Crippen LogP contribution in [0.3, 0.4) is 0 Å². The van der Waals surface area contributed by atoms with Gasteiger partial charge in [-0.05, 0) is 35.9 Å². The zero-order valence-electron chi connectivity index (χ0n) is 15.4. The van der Waals surface area contributed by atoms with Gasteiger partial charge in [-0.2, -0.15) is 0 Å². The van der Waals surface area contributed by atoms with Crippen LogP contribution < -0.4 is 10.6 Å². The molecule has 0 spiro atoms. The number of nitrogens with one attached hydrogen (secondary N) is 2. The highest BCUT2D eigenvalue weighted by molar-refractivity contribution is 6.15. The number of anilines is 1.